The van der Waals surface area contributed by atoms with Gasteiger partial charge in [-0.2, -0.15) is 0 Å². The largest absolute Gasteiger partial charge is 0.483 e. The van der Waals surface area contributed by atoms with Crippen molar-refractivity contribution in [2.75, 3.05) is 16.8 Å². The molecule has 41 heavy (non-hydrogen) atoms. The molecule has 3 amide bonds. The van der Waals surface area contributed by atoms with Gasteiger partial charge in [0, 0.05) is 32.1 Å². The van der Waals surface area contributed by atoms with Crippen molar-refractivity contribution in [3.05, 3.63) is 102 Å². The smallest absolute Gasteiger partial charge is 0.305 e. The Labute approximate surface area is 252 Å². The molecule has 2 N–H and O–H groups in total. The number of aromatic amines is 1. The zero-order valence-corrected chi connectivity index (χ0v) is 24.5. The highest BCUT2D eigenvalue weighted by Crippen LogP contribution is 2.54. The van der Waals surface area contributed by atoms with Gasteiger partial charge in [-0.1, -0.05) is 64.5 Å². The number of aryl methyl sites for hydroxylation is 1. The van der Waals surface area contributed by atoms with Gasteiger partial charge in [0.25, 0.3) is 5.91 Å². The summed E-state index contributed by atoms with van der Waals surface area (Å²) in [6, 6.07) is 18.8. The number of para-hydroxylation sites is 1. The number of hydrogen-bond donors (Lipinski definition) is 2. The highest BCUT2D eigenvalue weighted by Gasteiger charge is 2.56. The fraction of sp³-hybridized carbons (Fsp3) is 0.172. The van der Waals surface area contributed by atoms with Crippen molar-refractivity contribution in [1.82, 2.24) is 4.98 Å². The van der Waals surface area contributed by atoms with Gasteiger partial charge in [0.2, 0.25) is 11.8 Å². The number of carbonyl (C=O) groups is 3. The highest BCUT2D eigenvalue weighted by atomic mass is 35.5. The van der Waals surface area contributed by atoms with E-state index in [2.05, 4.69) is 10.3 Å². The maximum absolute atomic E-state index is 14.0. The van der Waals surface area contributed by atoms with E-state index in [0.29, 0.717) is 42.6 Å². The molecule has 8 nitrogen and oxygen atoms in total. The van der Waals surface area contributed by atoms with Crippen molar-refractivity contribution in [1.29, 1.82) is 0 Å². The molecule has 3 atom stereocenters. The minimum absolute atomic E-state index is 0.302. The number of hydrogen-bond acceptors (Lipinski definition) is 7. The van der Waals surface area contributed by atoms with Crippen LogP contribution in [0, 0.1) is 12.8 Å². The molecule has 1 aromatic heterocycles. The monoisotopic (exact) mass is 625 g/mol. The molecule has 0 bridgehead atoms. The SMILES string of the molecule is Cc1ccccc1NC(=O)COc1ccc(Cl)cc1[C@@H]1c2sc(=O)[nH]c2S[C@H]2C(=O)N(c3ccc(Cl)cc3)C(=O)[C@@H]12. The first kappa shape index (κ1) is 27.6. The lowest BCUT2D eigenvalue weighted by Crippen LogP contribution is -2.32. The van der Waals surface area contributed by atoms with Crippen LogP contribution >= 0.6 is 46.3 Å². The standard InChI is InChI=1S/C29H21Cl2N3O5S2/c1-14-4-2-3-5-19(14)32-21(35)13-39-20-11-8-16(31)12-18(20)22-23-25(40-26-24(22)41-29(38)33-26)28(37)34(27(23)36)17-9-6-15(30)7-10-17/h2-12,22-23,25H,13H2,1H3,(H,32,35)(H,33,38)/t22-,23-,25+/m0/s1. The Morgan fingerprint density at radius 2 is 1.73 bits per heavy atom. The number of H-pyrrole nitrogens is 1. The molecule has 0 saturated carbocycles. The van der Waals surface area contributed by atoms with E-state index in [1.54, 1.807) is 48.5 Å². The van der Waals surface area contributed by atoms with E-state index in [1.807, 2.05) is 25.1 Å². The lowest BCUT2D eigenvalue weighted by atomic mass is 9.82. The molecule has 208 valence electrons. The minimum atomic E-state index is -0.844. The van der Waals surface area contributed by atoms with Crippen molar-refractivity contribution in [3.8, 4) is 5.75 Å². The van der Waals surface area contributed by atoms with Gasteiger partial charge >= 0.3 is 4.87 Å². The second-order valence-electron chi connectivity index (χ2n) is 9.57. The van der Waals surface area contributed by atoms with Gasteiger partial charge < -0.3 is 15.0 Å². The van der Waals surface area contributed by atoms with Crippen LogP contribution in [0.2, 0.25) is 10.0 Å². The van der Waals surface area contributed by atoms with Crippen LogP contribution in [-0.4, -0.2) is 34.6 Å². The Morgan fingerprint density at radius 3 is 2.49 bits per heavy atom. The number of thioether (sulfide) groups is 1. The first-order valence-electron chi connectivity index (χ1n) is 12.5. The topological polar surface area (TPSA) is 109 Å². The molecule has 1 saturated heterocycles. The molecule has 2 aliphatic rings. The van der Waals surface area contributed by atoms with Gasteiger partial charge in [-0.25, -0.2) is 4.90 Å². The van der Waals surface area contributed by atoms with Gasteiger partial charge in [-0.3, -0.25) is 19.2 Å². The van der Waals surface area contributed by atoms with Crippen LogP contribution < -0.4 is 19.8 Å². The number of anilines is 2. The lowest BCUT2D eigenvalue weighted by molar-refractivity contribution is -0.122. The average Bonchev–Trinajstić information content (AvgIpc) is 3.44. The van der Waals surface area contributed by atoms with Gasteiger partial charge in [-0.05, 0) is 61.0 Å². The Bertz CT molecular complexity index is 1750. The predicted molar refractivity (Wildman–Crippen MR) is 161 cm³/mol. The maximum atomic E-state index is 14.0. The van der Waals surface area contributed by atoms with E-state index >= 15 is 0 Å². The van der Waals surface area contributed by atoms with Crippen molar-refractivity contribution in [3.63, 3.8) is 0 Å². The van der Waals surface area contributed by atoms with E-state index in [0.717, 1.165) is 16.9 Å². The van der Waals surface area contributed by atoms with Gasteiger partial charge in [0.1, 0.15) is 11.0 Å². The summed E-state index contributed by atoms with van der Waals surface area (Å²) in [5, 5.41) is 3.42. The number of nitrogens with one attached hydrogen (secondary N) is 2. The van der Waals surface area contributed by atoms with Crippen LogP contribution in [0.1, 0.15) is 21.9 Å². The Balaban J connectivity index is 1.37. The normalized spacial score (nSPS) is 19.6. The summed E-state index contributed by atoms with van der Waals surface area (Å²) in [4.78, 5) is 57.1. The van der Waals surface area contributed by atoms with Crippen LogP contribution in [0.15, 0.2) is 76.6 Å². The van der Waals surface area contributed by atoms with Crippen molar-refractivity contribution < 1.29 is 19.1 Å². The number of nitrogens with zero attached hydrogens (tertiary/aromatic N) is 1. The number of fused-ring (bicyclic) bond motifs is 2. The number of amides is 3. The zero-order chi connectivity index (χ0) is 28.8. The summed E-state index contributed by atoms with van der Waals surface area (Å²) in [6.45, 7) is 1.58. The third kappa shape index (κ3) is 5.17. The average molecular weight is 627 g/mol. The summed E-state index contributed by atoms with van der Waals surface area (Å²) in [7, 11) is 0. The molecule has 3 heterocycles. The summed E-state index contributed by atoms with van der Waals surface area (Å²) in [5.41, 5.74) is 2.49. The van der Waals surface area contributed by atoms with E-state index < -0.39 is 28.9 Å². The summed E-state index contributed by atoms with van der Waals surface area (Å²) in [6.07, 6.45) is 0. The number of ether oxygens (including phenoxy) is 1. The molecular formula is C29H21Cl2N3O5S2. The molecular weight excluding hydrogens is 605 g/mol. The first-order chi connectivity index (χ1) is 19.7. The number of carbonyl (C=O) groups excluding carboxylic acids is 3. The van der Waals surface area contributed by atoms with Crippen molar-refractivity contribution in [2.24, 2.45) is 5.92 Å². The second-order valence-corrected chi connectivity index (χ2v) is 12.6. The predicted octanol–water partition coefficient (Wildman–Crippen LogP) is 5.86. The van der Waals surface area contributed by atoms with Crippen LogP contribution in [0.3, 0.4) is 0 Å². The van der Waals surface area contributed by atoms with Crippen LogP contribution in [-0.2, 0) is 14.4 Å². The van der Waals surface area contributed by atoms with E-state index in [-0.39, 0.29) is 17.4 Å². The molecule has 2 aliphatic heterocycles. The van der Waals surface area contributed by atoms with Gasteiger partial charge in [0.15, 0.2) is 6.61 Å². The highest BCUT2D eigenvalue weighted by molar-refractivity contribution is 8.00. The fourth-order valence-corrected chi connectivity index (χ4v) is 7.95. The Morgan fingerprint density at radius 1 is 1.00 bits per heavy atom. The third-order valence-corrected chi connectivity index (χ3v) is 9.88. The number of benzene rings is 3. The molecule has 0 radical (unpaired) electrons. The number of thiazole rings is 1. The Kier molecular flexibility index (Phi) is 7.41. The van der Waals surface area contributed by atoms with Gasteiger partial charge in [-0.15, -0.1) is 0 Å². The Hall–Kier alpha value is -3.57. The minimum Gasteiger partial charge on any atom is -0.483 e. The fourth-order valence-electron chi connectivity index (χ4n) is 5.13. The second kappa shape index (κ2) is 11.0. The third-order valence-electron chi connectivity index (χ3n) is 6.99. The molecule has 12 heteroatoms. The van der Waals surface area contributed by atoms with E-state index in [9.17, 15) is 19.2 Å². The molecule has 6 rings (SSSR count). The van der Waals surface area contributed by atoms with Gasteiger partial charge in [0.05, 0.1) is 16.6 Å². The van der Waals surface area contributed by atoms with E-state index in [1.165, 1.54) is 16.7 Å². The van der Waals surface area contributed by atoms with Crippen LogP contribution in [0.25, 0.3) is 0 Å². The number of halogens is 2. The molecule has 4 aromatic rings. The summed E-state index contributed by atoms with van der Waals surface area (Å²) in [5.74, 6) is -2.41. The maximum Gasteiger partial charge on any atom is 0.305 e. The molecule has 0 spiro atoms. The van der Waals surface area contributed by atoms with E-state index in [4.69, 9.17) is 27.9 Å². The first-order valence-corrected chi connectivity index (χ1v) is 15.0. The van der Waals surface area contributed by atoms with Crippen LogP contribution in [0.4, 0.5) is 11.4 Å². The summed E-state index contributed by atoms with van der Waals surface area (Å²) >= 11 is 14.6. The number of aromatic nitrogens is 1. The molecule has 1 fully saturated rings. The number of imide groups is 1. The quantitative estimate of drug-likeness (QED) is 0.260. The number of rotatable bonds is 6. The van der Waals surface area contributed by atoms with Crippen molar-refractivity contribution >= 4 is 75.4 Å². The molecule has 3 aromatic carbocycles. The zero-order valence-electron chi connectivity index (χ0n) is 21.4. The van der Waals surface area contributed by atoms with Crippen LogP contribution in [0.5, 0.6) is 5.75 Å². The lowest BCUT2D eigenvalue weighted by Gasteiger charge is -2.31. The molecule has 0 aliphatic carbocycles. The summed E-state index contributed by atoms with van der Waals surface area (Å²) < 4.78 is 5.99. The molecule has 0 unspecified atom stereocenters. The van der Waals surface area contributed by atoms with Crippen molar-refractivity contribution in [2.45, 2.75) is 23.1 Å².